The molecule has 0 aliphatic carbocycles. The van der Waals surface area contributed by atoms with Crippen LogP contribution in [0, 0.1) is 29.9 Å². The van der Waals surface area contributed by atoms with E-state index in [9.17, 15) is 18.4 Å². The molecule has 8 heteroatoms. The van der Waals surface area contributed by atoms with Gasteiger partial charge in [-0.2, -0.15) is 5.26 Å². The number of aryl methyl sites for hydroxylation is 1. The molecular weight excluding hydrogens is 366 g/mol. The number of nitrogens with zero attached hydrogens (tertiary/aromatic N) is 2. The summed E-state index contributed by atoms with van der Waals surface area (Å²) in [7, 11) is 0. The van der Waals surface area contributed by atoms with Crippen LogP contribution in [0.5, 0.6) is 0 Å². The lowest BCUT2D eigenvalue weighted by Crippen LogP contribution is -2.45. The highest BCUT2D eigenvalue weighted by molar-refractivity contribution is 5.95. The highest BCUT2D eigenvalue weighted by Crippen LogP contribution is 2.28. The number of fused-ring (bicyclic) bond motifs is 1. The summed E-state index contributed by atoms with van der Waals surface area (Å²) >= 11 is 0. The SMILES string of the molecule is Cc1cc(F)cc2c1NC(=O)N(CC(=O)N[C@H](C)c1ccc(C#N)cc1F)C2. The van der Waals surface area contributed by atoms with Gasteiger partial charge in [-0.3, -0.25) is 4.79 Å². The van der Waals surface area contributed by atoms with Crippen molar-refractivity contribution in [3.8, 4) is 6.07 Å². The topological polar surface area (TPSA) is 85.2 Å². The lowest BCUT2D eigenvalue weighted by molar-refractivity contribution is -0.122. The number of nitriles is 1. The van der Waals surface area contributed by atoms with Gasteiger partial charge in [0.05, 0.1) is 29.9 Å². The molecule has 0 spiro atoms. The molecule has 0 radical (unpaired) electrons. The molecule has 0 saturated carbocycles. The maximum Gasteiger partial charge on any atom is 0.322 e. The number of nitrogens with one attached hydrogen (secondary N) is 2. The fraction of sp³-hybridized carbons (Fsp3) is 0.250. The number of benzene rings is 2. The summed E-state index contributed by atoms with van der Waals surface area (Å²) in [5, 5.41) is 14.1. The lowest BCUT2D eigenvalue weighted by Gasteiger charge is -2.30. The predicted octanol–water partition coefficient (Wildman–Crippen LogP) is 3.37. The Morgan fingerprint density at radius 2 is 2.11 bits per heavy atom. The van der Waals surface area contributed by atoms with Gasteiger partial charge < -0.3 is 15.5 Å². The largest absolute Gasteiger partial charge is 0.348 e. The van der Waals surface area contributed by atoms with Crippen molar-refractivity contribution in [3.05, 3.63) is 64.2 Å². The van der Waals surface area contributed by atoms with Crippen molar-refractivity contribution >= 4 is 17.6 Å². The summed E-state index contributed by atoms with van der Waals surface area (Å²) in [6, 6.07) is 7.38. The monoisotopic (exact) mass is 384 g/mol. The normalized spacial score (nSPS) is 14.0. The van der Waals surface area contributed by atoms with E-state index in [1.807, 2.05) is 6.07 Å². The Morgan fingerprint density at radius 3 is 2.79 bits per heavy atom. The molecule has 1 atom stereocenters. The minimum Gasteiger partial charge on any atom is -0.348 e. The van der Waals surface area contributed by atoms with Crippen molar-refractivity contribution in [2.45, 2.75) is 26.4 Å². The minimum atomic E-state index is -0.653. The van der Waals surface area contributed by atoms with E-state index in [1.165, 1.54) is 29.2 Å². The molecule has 3 rings (SSSR count). The summed E-state index contributed by atoms with van der Waals surface area (Å²) in [5.41, 5.74) is 2.16. The van der Waals surface area contributed by atoms with Crippen molar-refractivity contribution in [1.29, 1.82) is 5.26 Å². The molecule has 1 heterocycles. The zero-order valence-electron chi connectivity index (χ0n) is 15.3. The summed E-state index contributed by atoms with van der Waals surface area (Å²) in [5.74, 6) is -1.49. The van der Waals surface area contributed by atoms with Crippen LogP contribution in [0.15, 0.2) is 30.3 Å². The van der Waals surface area contributed by atoms with E-state index in [2.05, 4.69) is 10.6 Å². The Labute approximate surface area is 160 Å². The second kappa shape index (κ2) is 7.64. The van der Waals surface area contributed by atoms with Gasteiger partial charge in [0, 0.05) is 5.56 Å². The molecule has 2 N–H and O–H groups in total. The summed E-state index contributed by atoms with van der Waals surface area (Å²) < 4.78 is 27.7. The first-order chi connectivity index (χ1) is 13.3. The van der Waals surface area contributed by atoms with Crippen LogP contribution in [0.4, 0.5) is 19.3 Å². The molecule has 1 aliphatic rings. The van der Waals surface area contributed by atoms with E-state index in [0.29, 0.717) is 16.8 Å². The number of carbonyl (C=O) groups excluding carboxylic acids is 2. The first-order valence-electron chi connectivity index (χ1n) is 8.62. The molecule has 2 aromatic carbocycles. The number of anilines is 1. The van der Waals surface area contributed by atoms with Crippen LogP contribution in [0.25, 0.3) is 0 Å². The predicted molar refractivity (Wildman–Crippen MR) is 98.2 cm³/mol. The summed E-state index contributed by atoms with van der Waals surface area (Å²) in [6.07, 6.45) is 0. The van der Waals surface area contributed by atoms with Gasteiger partial charge in [0.1, 0.15) is 18.2 Å². The van der Waals surface area contributed by atoms with Crippen molar-refractivity contribution in [2.75, 3.05) is 11.9 Å². The third kappa shape index (κ3) is 3.93. The molecule has 0 aromatic heterocycles. The van der Waals surface area contributed by atoms with E-state index < -0.39 is 29.6 Å². The number of hydrogen-bond donors (Lipinski definition) is 2. The van der Waals surface area contributed by atoms with Crippen LogP contribution in [0.2, 0.25) is 0 Å². The number of rotatable bonds is 4. The van der Waals surface area contributed by atoms with Crippen molar-refractivity contribution in [3.63, 3.8) is 0 Å². The number of carbonyl (C=O) groups is 2. The van der Waals surface area contributed by atoms with E-state index in [-0.39, 0.29) is 24.2 Å². The van der Waals surface area contributed by atoms with Gasteiger partial charge in [-0.1, -0.05) is 6.07 Å². The second-order valence-corrected chi connectivity index (χ2v) is 6.68. The molecular formula is C20H18F2N4O2. The summed E-state index contributed by atoms with van der Waals surface area (Å²) in [6.45, 7) is 3.13. The molecule has 28 heavy (non-hydrogen) atoms. The first kappa shape index (κ1) is 19.3. The van der Waals surface area contributed by atoms with E-state index in [4.69, 9.17) is 5.26 Å². The lowest BCUT2D eigenvalue weighted by atomic mass is 10.0. The smallest absolute Gasteiger partial charge is 0.322 e. The van der Waals surface area contributed by atoms with Gasteiger partial charge in [0.15, 0.2) is 0 Å². The van der Waals surface area contributed by atoms with Gasteiger partial charge in [0.25, 0.3) is 0 Å². The number of amides is 3. The zero-order chi connectivity index (χ0) is 20.4. The van der Waals surface area contributed by atoms with Gasteiger partial charge >= 0.3 is 6.03 Å². The second-order valence-electron chi connectivity index (χ2n) is 6.68. The molecule has 144 valence electrons. The standard InChI is InChI=1S/C20H18F2N4O2/c1-11-5-15(21)7-14-9-26(20(28)25-19(11)14)10-18(27)24-12(2)16-4-3-13(8-23)6-17(16)22/h3-7,12H,9-10H2,1-2H3,(H,24,27)(H,25,28)/t12-/m1/s1. The van der Waals surface area contributed by atoms with Crippen LogP contribution in [0.3, 0.4) is 0 Å². The van der Waals surface area contributed by atoms with Crippen LogP contribution in [-0.2, 0) is 11.3 Å². The number of halogens is 2. The highest BCUT2D eigenvalue weighted by Gasteiger charge is 2.26. The molecule has 6 nitrogen and oxygen atoms in total. The van der Waals surface area contributed by atoms with Crippen LogP contribution in [-0.4, -0.2) is 23.4 Å². The van der Waals surface area contributed by atoms with Crippen molar-refractivity contribution < 1.29 is 18.4 Å². The Balaban J connectivity index is 1.68. The Bertz CT molecular complexity index is 1000. The van der Waals surface area contributed by atoms with Crippen LogP contribution < -0.4 is 10.6 Å². The maximum atomic E-state index is 14.1. The average molecular weight is 384 g/mol. The Morgan fingerprint density at radius 1 is 1.36 bits per heavy atom. The fourth-order valence-corrected chi connectivity index (χ4v) is 3.19. The summed E-state index contributed by atoms with van der Waals surface area (Å²) in [4.78, 5) is 25.8. The highest BCUT2D eigenvalue weighted by atomic mass is 19.1. The molecule has 0 saturated heterocycles. The third-order valence-corrected chi connectivity index (χ3v) is 4.57. The Kier molecular flexibility index (Phi) is 5.27. The van der Waals surface area contributed by atoms with E-state index >= 15 is 0 Å². The molecule has 0 bridgehead atoms. The van der Waals surface area contributed by atoms with E-state index in [0.717, 1.165) is 6.07 Å². The van der Waals surface area contributed by atoms with Gasteiger partial charge in [-0.25, -0.2) is 13.6 Å². The molecule has 1 aliphatic heterocycles. The van der Waals surface area contributed by atoms with Crippen molar-refractivity contribution in [2.24, 2.45) is 0 Å². The minimum absolute atomic E-state index is 0.0901. The quantitative estimate of drug-likeness (QED) is 0.848. The zero-order valence-corrected chi connectivity index (χ0v) is 15.3. The third-order valence-electron chi connectivity index (χ3n) is 4.57. The Hall–Kier alpha value is -3.47. The molecule has 2 aromatic rings. The van der Waals surface area contributed by atoms with Crippen LogP contribution >= 0.6 is 0 Å². The fourth-order valence-electron chi connectivity index (χ4n) is 3.19. The van der Waals surface area contributed by atoms with Gasteiger partial charge in [-0.05, 0) is 49.2 Å². The molecule has 0 fully saturated rings. The number of urea groups is 1. The van der Waals surface area contributed by atoms with Crippen LogP contribution in [0.1, 0.15) is 35.2 Å². The molecule has 3 amide bonds. The van der Waals surface area contributed by atoms with Crippen molar-refractivity contribution in [1.82, 2.24) is 10.2 Å². The van der Waals surface area contributed by atoms with Gasteiger partial charge in [0.2, 0.25) is 5.91 Å². The maximum absolute atomic E-state index is 14.1. The average Bonchev–Trinajstić information content (AvgIpc) is 2.62. The molecule has 0 unspecified atom stereocenters. The van der Waals surface area contributed by atoms with E-state index in [1.54, 1.807) is 13.8 Å². The first-order valence-corrected chi connectivity index (χ1v) is 8.62. The number of hydrogen-bond acceptors (Lipinski definition) is 3. The van der Waals surface area contributed by atoms with Gasteiger partial charge in [-0.15, -0.1) is 0 Å².